The summed E-state index contributed by atoms with van der Waals surface area (Å²) in [5.41, 5.74) is 2.75. The average Bonchev–Trinajstić information content (AvgIpc) is 2.10. The lowest BCUT2D eigenvalue weighted by atomic mass is 10.2. The molecule has 1 rings (SSSR count). The maximum Gasteiger partial charge on any atom is 0.235 e. The molecule has 0 radical (unpaired) electrons. The van der Waals surface area contributed by atoms with Gasteiger partial charge in [0.1, 0.15) is 0 Å². The van der Waals surface area contributed by atoms with Crippen molar-refractivity contribution in [2.75, 3.05) is 6.54 Å². The molecule has 1 N–H and O–H groups in total. The van der Waals surface area contributed by atoms with Crippen LogP contribution in [0.3, 0.4) is 0 Å². The van der Waals surface area contributed by atoms with E-state index in [1.54, 1.807) is 0 Å². The monoisotopic (exact) mass is 128 g/mol. The number of rotatable bonds is 1. The first-order chi connectivity index (χ1) is 4.24. The Morgan fingerprint density at radius 3 is 2.78 bits per heavy atom. The van der Waals surface area contributed by atoms with E-state index >= 15 is 0 Å². The van der Waals surface area contributed by atoms with Crippen LogP contribution < -0.4 is 5.43 Å². The minimum Gasteiger partial charge on any atom is -0.289 e. The number of amides is 1. The van der Waals surface area contributed by atoms with E-state index in [-0.39, 0.29) is 5.91 Å². The van der Waals surface area contributed by atoms with Crippen molar-refractivity contribution in [2.45, 2.75) is 26.3 Å². The minimum absolute atomic E-state index is 0.143. The molecule has 3 heteroatoms. The first kappa shape index (κ1) is 6.55. The van der Waals surface area contributed by atoms with Crippen molar-refractivity contribution in [1.82, 2.24) is 10.4 Å². The van der Waals surface area contributed by atoms with Crippen molar-refractivity contribution in [1.29, 1.82) is 0 Å². The van der Waals surface area contributed by atoms with E-state index in [9.17, 15) is 4.79 Å². The van der Waals surface area contributed by atoms with Crippen molar-refractivity contribution >= 4 is 5.91 Å². The third-order valence-corrected chi connectivity index (χ3v) is 1.62. The molecule has 9 heavy (non-hydrogen) atoms. The van der Waals surface area contributed by atoms with Gasteiger partial charge in [-0.25, -0.2) is 5.01 Å². The van der Waals surface area contributed by atoms with Crippen molar-refractivity contribution < 1.29 is 4.79 Å². The molecule has 0 aromatic rings. The van der Waals surface area contributed by atoms with Gasteiger partial charge in [-0.2, -0.15) is 0 Å². The fourth-order valence-electron chi connectivity index (χ4n) is 1.09. The number of carbonyl (C=O) groups excluding carboxylic acids is 1. The van der Waals surface area contributed by atoms with Gasteiger partial charge in [-0.15, -0.1) is 0 Å². The molecule has 0 aromatic carbocycles. The predicted octanol–water partition coefficient (Wildman–Crippen LogP) is 0.132. The molecule has 1 atom stereocenters. The van der Waals surface area contributed by atoms with Crippen LogP contribution in [0.1, 0.15) is 20.3 Å². The van der Waals surface area contributed by atoms with Gasteiger partial charge in [-0.3, -0.25) is 10.2 Å². The number of nitrogens with zero attached hydrogens (tertiary/aromatic N) is 1. The maximum atomic E-state index is 10.7. The molecule has 0 spiro atoms. The molecule has 1 heterocycles. The highest BCUT2D eigenvalue weighted by Crippen LogP contribution is 2.06. The highest BCUT2D eigenvalue weighted by atomic mass is 16.2. The second kappa shape index (κ2) is 2.35. The average molecular weight is 128 g/mol. The third-order valence-electron chi connectivity index (χ3n) is 1.62. The van der Waals surface area contributed by atoms with E-state index in [0.29, 0.717) is 12.5 Å². The van der Waals surface area contributed by atoms with Crippen LogP contribution >= 0.6 is 0 Å². The van der Waals surface area contributed by atoms with Crippen molar-refractivity contribution in [3.05, 3.63) is 0 Å². The summed E-state index contributed by atoms with van der Waals surface area (Å²) in [7, 11) is 0. The molecule has 0 aliphatic carbocycles. The summed E-state index contributed by atoms with van der Waals surface area (Å²) in [6.45, 7) is 4.97. The van der Waals surface area contributed by atoms with Crippen LogP contribution in [0.15, 0.2) is 0 Å². The molecule has 52 valence electrons. The minimum atomic E-state index is 0.143. The number of hydrazine groups is 1. The molecule has 1 saturated heterocycles. The van der Waals surface area contributed by atoms with Crippen molar-refractivity contribution in [3.63, 3.8) is 0 Å². The van der Waals surface area contributed by atoms with Gasteiger partial charge in [-0.05, 0) is 6.92 Å². The Balaban J connectivity index is 2.47. The zero-order valence-electron chi connectivity index (χ0n) is 5.85. The van der Waals surface area contributed by atoms with Crippen LogP contribution in [0, 0.1) is 0 Å². The molecule has 3 nitrogen and oxygen atoms in total. The largest absolute Gasteiger partial charge is 0.289 e. The van der Waals surface area contributed by atoms with Crippen LogP contribution in [0.25, 0.3) is 0 Å². The first-order valence-corrected chi connectivity index (χ1v) is 3.30. The molecule has 0 bridgehead atoms. The normalized spacial score (nSPS) is 28.7. The lowest BCUT2D eigenvalue weighted by molar-refractivity contribution is -0.120. The lowest BCUT2D eigenvalue weighted by Gasteiger charge is -2.16. The van der Waals surface area contributed by atoms with E-state index in [4.69, 9.17) is 0 Å². The van der Waals surface area contributed by atoms with Crippen LogP contribution in [0.5, 0.6) is 0 Å². The SMILES string of the molecule is CCN1NC(=O)CC1C. The van der Waals surface area contributed by atoms with E-state index in [2.05, 4.69) is 5.43 Å². The van der Waals surface area contributed by atoms with Crippen LogP contribution in [-0.2, 0) is 4.79 Å². The van der Waals surface area contributed by atoms with Gasteiger partial charge < -0.3 is 0 Å². The zero-order valence-corrected chi connectivity index (χ0v) is 5.85. The van der Waals surface area contributed by atoms with Gasteiger partial charge in [0.15, 0.2) is 0 Å². The number of hydrogen-bond donors (Lipinski definition) is 1. The first-order valence-electron chi connectivity index (χ1n) is 3.30. The lowest BCUT2D eigenvalue weighted by Crippen LogP contribution is -2.36. The predicted molar refractivity (Wildman–Crippen MR) is 34.6 cm³/mol. The van der Waals surface area contributed by atoms with Crippen molar-refractivity contribution in [3.8, 4) is 0 Å². The maximum absolute atomic E-state index is 10.7. The second-order valence-electron chi connectivity index (χ2n) is 2.37. The van der Waals surface area contributed by atoms with Gasteiger partial charge in [0, 0.05) is 19.0 Å². The molecular weight excluding hydrogens is 116 g/mol. The van der Waals surface area contributed by atoms with E-state index in [1.165, 1.54) is 0 Å². The van der Waals surface area contributed by atoms with E-state index < -0.39 is 0 Å². The van der Waals surface area contributed by atoms with Crippen molar-refractivity contribution in [2.24, 2.45) is 0 Å². The Hall–Kier alpha value is -0.570. The number of hydrogen-bond acceptors (Lipinski definition) is 2. The Labute approximate surface area is 55.0 Å². The molecule has 1 unspecified atom stereocenters. The van der Waals surface area contributed by atoms with Crippen LogP contribution in [0.4, 0.5) is 0 Å². The quantitative estimate of drug-likeness (QED) is 0.544. The second-order valence-corrected chi connectivity index (χ2v) is 2.37. The summed E-state index contributed by atoms with van der Waals surface area (Å²) in [5, 5.41) is 1.95. The third kappa shape index (κ3) is 1.21. The topological polar surface area (TPSA) is 32.3 Å². The molecule has 1 aliphatic heterocycles. The molecule has 1 fully saturated rings. The summed E-state index contributed by atoms with van der Waals surface area (Å²) >= 11 is 0. The van der Waals surface area contributed by atoms with E-state index in [1.807, 2.05) is 18.9 Å². The van der Waals surface area contributed by atoms with Gasteiger partial charge in [-0.1, -0.05) is 6.92 Å². The Kier molecular flexibility index (Phi) is 1.71. The van der Waals surface area contributed by atoms with Gasteiger partial charge >= 0.3 is 0 Å². The summed E-state index contributed by atoms with van der Waals surface area (Å²) in [5.74, 6) is 0.143. The molecular formula is C6H12N2O. The molecule has 1 amide bonds. The molecule has 0 aromatic heterocycles. The van der Waals surface area contributed by atoms with Crippen LogP contribution in [0.2, 0.25) is 0 Å². The fourth-order valence-corrected chi connectivity index (χ4v) is 1.09. The molecule has 1 aliphatic rings. The highest BCUT2D eigenvalue weighted by molar-refractivity contribution is 5.77. The summed E-state index contributed by atoms with van der Waals surface area (Å²) in [6.07, 6.45) is 0.647. The number of carbonyl (C=O) groups is 1. The smallest absolute Gasteiger partial charge is 0.235 e. The Morgan fingerprint density at radius 1 is 1.89 bits per heavy atom. The van der Waals surface area contributed by atoms with E-state index in [0.717, 1.165) is 6.54 Å². The van der Waals surface area contributed by atoms with Crippen LogP contribution in [-0.4, -0.2) is 23.5 Å². The standard InChI is InChI=1S/C6H12N2O/c1-3-8-5(2)4-6(9)7-8/h5H,3-4H2,1-2H3,(H,7,9). The summed E-state index contributed by atoms with van der Waals surface area (Å²) < 4.78 is 0. The highest BCUT2D eigenvalue weighted by Gasteiger charge is 2.23. The van der Waals surface area contributed by atoms with Gasteiger partial charge in [0.2, 0.25) is 5.91 Å². The van der Waals surface area contributed by atoms with Gasteiger partial charge in [0.25, 0.3) is 0 Å². The summed E-state index contributed by atoms with van der Waals surface area (Å²) in [6, 6.07) is 0.377. The Bertz CT molecular complexity index is 124. The Morgan fingerprint density at radius 2 is 2.56 bits per heavy atom. The van der Waals surface area contributed by atoms with Gasteiger partial charge in [0.05, 0.1) is 0 Å². The molecule has 0 saturated carbocycles. The number of nitrogens with one attached hydrogen (secondary N) is 1. The fraction of sp³-hybridized carbons (Fsp3) is 0.833. The zero-order chi connectivity index (χ0) is 6.85. The summed E-state index contributed by atoms with van der Waals surface area (Å²) in [4.78, 5) is 10.7.